The maximum atomic E-state index is 12.0. The van der Waals surface area contributed by atoms with Gasteiger partial charge >= 0.3 is 5.97 Å². The summed E-state index contributed by atoms with van der Waals surface area (Å²) in [5, 5.41) is 11.0. The van der Waals surface area contributed by atoms with E-state index in [0.717, 1.165) is 32.1 Å². The monoisotopic (exact) mass is 494 g/mol. The summed E-state index contributed by atoms with van der Waals surface area (Å²) in [5.41, 5.74) is 2.20. The van der Waals surface area contributed by atoms with E-state index < -0.39 is 5.97 Å². The second-order valence-corrected chi connectivity index (χ2v) is 15.1. The van der Waals surface area contributed by atoms with Crippen LogP contribution in [-0.2, 0) is 9.53 Å². The normalized spacial score (nSPS) is 51.1. The Morgan fingerprint density at radius 3 is 2.33 bits per heavy atom. The smallest absolute Gasteiger partial charge is 0.384 e. The predicted molar refractivity (Wildman–Crippen MR) is 145 cm³/mol. The number of aliphatic hydroxyl groups excluding tert-OH is 1. The number of fused-ring (bicyclic) bond motifs is 7. The van der Waals surface area contributed by atoms with Gasteiger partial charge in [-0.3, -0.25) is 0 Å². The predicted octanol–water partition coefficient (Wildman–Crippen LogP) is 7.18. The van der Waals surface area contributed by atoms with Crippen molar-refractivity contribution in [3.63, 3.8) is 0 Å². The first-order chi connectivity index (χ1) is 16.8. The van der Waals surface area contributed by atoms with Crippen LogP contribution in [0.1, 0.15) is 106 Å². The van der Waals surface area contributed by atoms with Gasteiger partial charge in [0.15, 0.2) is 0 Å². The highest BCUT2D eigenvalue weighted by molar-refractivity contribution is 5.87. The molecule has 0 spiro atoms. The molecule has 3 nitrogen and oxygen atoms in total. The van der Waals surface area contributed by atoms with Crippen molar-refractivity contribution in [1.82, 2.24) is 0 Å². The van der Waals surface area contributed by atoms with E-state index in [1.54, 1.807) is 0 Å². The fourth-order valence-corrected chi connectivity index (χ4v) is 11.8. The molecule has 0 unspecified atom stereocenters. The van der Waals surface area contributed by atoms with Crippen molar-refractivity contribution in [3.8, 4) is 12.3 Å². The minimum Gasteiger partial charge on any atom is -0.456 e. The summed E-state index contributed by atoms with van der Waals surface area (Å²) in [6, 6.07) is 0. The summed E-state index contributed by atoms with van der Waals surface area (Å²) in [7, 11) is 0. The maximum Gasteiger partial charge on any atom is 0.384 e. The number of hydrogen-bond donors (Lipinski definition) is 1. The summed E-state index contributed by atoms with van der Waals surface area (Å²) in [6.45, 7) is 19.7. The van der Waals surface area contributed by atoms with Crippen LogP contribution in [0, 0.1) is 69.0 Å². The number of ether oxygens (including phenoxy) is 1. The van der Waals surface area contributed by atoms with Gasteiger partial charge in [0.25, 0.3) is 0 Å². The number of terminal acetylenes is 1. The average molecular weight is 495 g/mol. The first-order valence-electron chi connectivity index (χ1n) is 14.7. The van der Waals surface area contributed by atoms with Crippen molar-refractivity contribution in [1.29, 1.82) is 0 Å². The third-order valence-electron chi connectivity index (χ3n) is 13.8. The third-order valence-corrected chi connectivity index (χ3v) is 13.8. The van der Waals surface area contributed by atoms with Crippen molar-refractivity contribution in [2.75, 3.05) is 6.61 Å². The molecule has 3 heteroatoms. The van der Waals surface area contributed by atoms with E-state index in [2.05, 4.69) is 54.0 Å². The molecular formula is C33H50O3. The highest BCUT2D eigenvalue weighted by Gasteiger charge is 2.70. The minimum atomic E-state index is -0.515. The molecule has 0 aromatic rings. The second-order valence-electron chi connectivity index (χ2n) is 15.1. The first-order valence-corrected chi connectivity index (χ1v) is 14.7. The van der Waals surface area contributed by atoms with Crippen LogP contribution < -0.4 is 0 Å². The molecule has 0 aromatic heterocycles. The molecule has 0 amide bonds. The van der Waals surface area contributed by atoms with Crippen LogP contribution in [0.25, 0.3) is 0 Å². The third kappa shape index (κ3) is 3.31. The van der Waals surface area contributed by atoms with E-state index in [0.29, 0.717) is 47.0 Å². The molecule has 0 aliphatic heterocycles. The Hall–Kier alpha value is -1.27. The molecular weight excluding hydrogens is 444 g/mol. The largest absolute Gasteiger partial charge is 0.456 e. The van der Waals surface area contributed by atoms with Gasteiger partial charge in [-0.15, -0.1) is 6.42 Å². The van der Waals surface area contributed by atoms with Crippen LogP contribution in [0.4, 0.5) is 0 Å². The number of esters is 1. The van der Waals surface area contributed by atoms with Crippen LogP contribution >= 0.6 is 0 Å². The lowest BCUT2D eigenvalue weighted by Crippen LogP contribution is -2.66. The van der Waals surface area contributed by atoms with Gasteiger partial charge in [0, 0.05) is 11.3 Å². The summed E-state index contributed by atoms with van der Waals surface area (Å²) >= 11 is 0. The van der Waals surface area contributed by atoms with Crippen LogP contribution in [0.15, 0.2) is 12.2 Å². The van der Waals surface area contributed by atoms with Crippen molar-refractivity contribution >= 4 is 5.97 Å². The lowest BCUT2D eigenvalue weighted by Gasteiger charge is -2.73. The number of carbonyl (C=O) groups excluding carboxylic acids is 1. The van der Waals surface area contributed by atoms with Crippen LogP contribution in [-0.4, -0.2) is 23.8 Å². The maximum absolute atomic E-state index is 12.0. The van der Waals surface area contributed by atoms with Gasteiger partial charge in [-0.2, -0.15) is 0 Å². The Morgan fingerprint density at radius 1 is 0.944 bits per heavy atom. The van der Waals surface area contributed by atoms with E-state index in [1.165, 1.54) is 37.7 Å². The highest BCUT2D eigenvalue weighted by Crippen LogP contribution is 2.77. The van der Waals surface area contributed by atoms with Crippen molar-refractivity contribution in [2.24, 2.45) is 56.7 Å². The lowest BCUT2D eigenvalue weighted by atomic mass is 9.32. The molecule has 0 radical (unpaired) electrons. The number of hydrogen-bond acceptors (Lipinski definition) is 3. The van der Waals surface area contributed by atoms with E-state index >= 15 is 0 Å². The van der Waals surface area contributed by atoms with Gasteiger partial charge in [-0.1, -0.05) is 46.8 Å². The molecule has 0 heterocycles. The topological polar surface area (TPSA) is 46.5 Å². The summed E-state index contributed by atoms with van der Waals surface area (Å²) in [4.78, 5) is 12.0. The quantitative estimate of drug-likeness (QED) is 0.196. The van der Waals surface area contributed by atoms with Crippen molar-refractivity contribution < 1.29 is 14.6 Å². The Kier molecular flexibility index (Phi) is 6.12. The number of carbonyl (C=O) groups is 1. The Balaban J connectivity index is 1.52. The van der Waals surface area contributed by atoms with Gasteiger partial charge in [0.1, 0.15) is 0 Å². The van der Waals surface area contributed by atoms with Crippen molar-refractivity contribution in [2.45, 2.75) is 112 Å². The van der Waals surface area contributed by atoms with E-state index in [9.17, 15) is 9.90 Å². The molecule has 0 aromatic carbocycles. The van der Waals surface area contributed by atoms with Gasteiger partial charge in [-0.05, 0) is 122 Å². The highest BCUT2D eigenvalue weighted by atomic mass is 16.5. The number of rotatable bonds is 3. The summed E-state index contributed by atoms with van der Waals surface area (Å²) in [6.07, 6.45) is 16.9. The molecule has 5 fully saturated rings. The molecule has 1 N–H and O–H groups in total. The zero-order chi connectivity index (χ0) is 26.3. The first kappa shape index (κ1) is 26.3. The molecule has 36 heavy (non-hydrogen) atoms. The molecule has 5 rings (SSSR count). The van der Waals surface area contributed by atoms with E-state index in [1.807, 2.05) is 0 Å². The zero-order valence-electron chi connectivity index (χ0n) is 23.8. The van der Waals surface area contributed by atoms with Gasteiger partial charge in [0.2, 0.25) is 0 Å². The van der Waals surface area contributed by atoms with Gasteiger partial charge < -0.3 is 9.84 Å². The molecule has 5 aliphatic carbocycles. The van der Waals surface area contributed by atoms with Gasteiger partial charge in [-0.25, -0.2) is 4.79 Å². The summed E-state index contributed by atoms with van der Waals surface area (Å²) < 4.78 is 5.70. The van der Waals surface area contributed by atoms with Crippen LogP contribution in [0.3, 0.4) is 0 Å². The molecule has 0 saturated heterocycles. The average Bonchev–Trinajstić information content (AvgIpc) is 3.21. The second kappa shape index (κ2) is 8.36. The minimum absolute atomic E-state index is 0.00872. The fraction of sp³-hybridized carbons (Fsp3) is 0.848. The fourth-order valence-electron chi connectivity index (χ4n) is 11.8. The Bertz CT molecular complexity index is 974. The number of aliphatic hydroxyl groups is 1. The lowest BCUT2D eigenvalue weighted by molar-refractivity contribution is -0.249. The Labute approximate surface area is 220 Å². The number of allylic oxidation sites excluding steroid dienone is 1. The molecule has 5 aliphatic rings. The zero-order valence-corrected chi connectivity index (χ0v) is 23.8. The van der Waals surface area contributed by atoms with E-state index in [4.69, 9.17) is 11.2 Å². The molecule has 10 atom stereocenters. The summed E-state index contributed by atoms with van der Waals surface area (Å²) in [5.74, 6) is 4.60. The Morgan fingerprint density at radius 2 is 1.67 bits per heavy atom. The van der Waals surface area contributed by atoms with Crippen molar-refractivity contribution in [3.05, 3.63) is 12.2 Å². The van der Waals surface area contributed by atoms with Gasteiger partial charge in [0.05, 0.1) is 12.7 Å². The van der Waals surface area contributed by atoms with Crippen LogP contribution in [0.2, 0.25) is 0 Å². The molecule has 200 valence electrons. The molecule has 5 saturated carbocycles. The van der Waals surface area contributed by atoms with E-state index in [-0.39, 0.29) is 22.3 Å². The molecule has 0 bridgehead atoms. The standard InChI is InChI=1S/C33H50O3/c1-9-27(35)36-20-33-17-12-22(21(2)3)28(33)23-10-11-25-30(6)15-14-26(34)29(4,5)24(30)13-16-32(25,8)31(23,7)18-19-33/h1,22-26,28,34H,2,10-20H2,3-8H3/t22-,23+,24-,25+,26-,28+,30-,31+,32+,33+/m0/s1. The van der Waals surface area contributed by atoms with Crippen LogP contribution in [0.5, 0.6) is 0 Å². The SMILES string of the molecule is C#CC(=O)OC[C@]12CC[C@@H](C(=C)C)[C@@H]1[C@H]1CC[C@@H]3[C@@]4(C)CC[C@H](O)C(C)(C)[C@@H]4CC[C@@]3(C)[C@]1(C)CC2.